The van der Waals surface area contributed by atoms with Crippen molar-refractivity contribution in [2.75, 3.05) is 0 Å². The van der Waals surface area contributed by atoms with E-state index in [9.17, 15) is 4.79 Å². The number of hydrogen-bond donors (Lipinski definition) is 0. The highest BCUT2D eigenvalue weighted by Crippen LogP contribution is 2.28. The monoisotopic (exact) mass is 163 g/mol. The summed E-state index contributed by atoms with van der Waals surface area (Å²) in [7, 11) is 5.65. The predicted molar refractivity (Wildman–Crippen MR) is 49.6 cm³/mol. The molecule has 1 heterocycles. The van der Waals surface area contributed by atoms with Crippen LogP contribution in [0.3, 0.4) is 0 Å². The van der Waals surface area contributed by atoms with Crippen LogP contribution in [0.25, 0.3) is 0 Å². The Bertz CT molecular complexity index is 245. The zero-order valence-corrected chi connectivity index (χ0v) is 8.09. The SMILES string of the molecule is [B]N1C(=O)C(C)=C(C)C1C(C)C. The highest BCUT2D eigenvalue weighted by atomic mass is 16.2. The van der Waals surface area contributed by atoms with Gasteiger partial charge in [-0.25, -0.2) is 0 Å². The fourth-order valence-corrected chi connectivity index (χ4v) is 1.74. The van der Waals surface area contributed by atoms with E-state index in [-0.39, 0.29) is 11.9 Å². The minimum Gasteiger partial charge on any atom is -0.387 e. The molecule has 0 aromatic heterocycles. The van der Waals surface area contributed by atoms with Gasteiger partial charge in [-0.2, -0.15) is 0 Å². The molecule has 1 rings (SSSR count). The van der Waals surface area contributed by atoms with Gasteiger partial charge in [0.1, 0.15) is 0 Å². The summed E-state index contributed by atoms with van der Waals surface area (Å²) in [4.78, 5) is 12.7. The summed E-state index contributed by atoms with van der Waals surface area (Å²) in [6.45, 7) is 7.95. The lowest BCUT2D eigenvalue weighted by atomic mass is 9.95. The molecule has 0 aromatic carbocycles. The molecule has 0 saturated carbocycles. The van der Waals surface area contributed by atoms with E-state index in [1.54, 1.807) is 0 Å². The second kappa shape index (κ2) is 2.96. The fraction of sp³-hybridized carbons (Fsp3) is 0.667. The normalized spacial score (nSPS) is 24.6. The van der Waals surface area contributed by atoms with Crippen molar-refractivity contribution in [3.05, 3.63) is 11.1 Å². The van der Waals surface area contributed by atoms with Crippen LogP contribution in [-0.4, -0.2) is 24.7 Å². The Morgan fingerprint density at radius 1 is 1.42 bits per heavy atom. The third-order valence-corrected chi connectivity index (χ3v) is 2.52. The Morgan fingerprint density at radius 2 is 1.92 bits per heavy atom. The van der Waals surface area contributed by atoms with Crippen LogP contribution in [0.2, 0.25) is 0 Å². The first-order valence-electron chi connectivity index (χ1n) is 4.22. The molecule has 12 heavy (non-hydrogen) atoms. The van der Waals surface area contributed by atoms with Gasteiger partial charge >= 0.3 is 0 Å². The molecule has 1 atom stereocenters. The van der Waals surface area contributed by atoms with Crippen molar-refractivity contribution in [1.82, 2.24) is 4.81 Å². The highest BCUT2D eigenvalue weighted by Gasteiger charge is 2.32. The van der Waals surface area contributed by atoms with E-state index >= 15 is 0 Å². The standard InChI is InChI=1S/C9H14BNO/c1-5(2)8-6(3)7(4)9(12)11(8)10/h5,8H,1-4H3. The molecule has 0 saturated heterocycles. The number of nitrogens with zero attached hydrogens (tertiary/aromatic N) is 1. The zero-order chi connectivity index (χ0) is 9.46. The minimum absolute atomic E-state index is 0.0359. The summed E-state index contributed by atoms with van der Waals surface area (Å²) < 4.78 is 0. The molecule has 0 spiro atoms. The van der Waals surface area contributed by atoms with Crippen LogP contribution in [0.5, 0.6) is 0 Å². The number of carbonyl (C=O) groups is 1. The molecule has 2 radical (unpaired) electrons. The first-order valence-corrected chi connectivity index (χ1v) is 4.22. The Hall–Kier alpha value is -0.725. The van der Waals surface area contributed by atoms with Crippen molar-refractivity contribution in [2.45, 2.75) is 33.7 Å². The van der Waals surface area contributed by atoms with Gasteiger partial charge in [-0.3, -0.25) is 4.79 Å². The van der Waals surface area contributed by atoms with Gasteiger partial charge in [-0.15, -0.1) is 0 Å². The topological polar surface area (TPSA) is 20.3 Å². The van der Waals surface area contributed by atoms with Gasteiger partial charge in [-0.05, 0) is 25.3 Å². The number of amides is 1. The number of rotatable bonds is 1. The molecule has 0 aromatic rings. The maximum absolute atomic E-state index is 11.4. The molecule has 1 unspecified atom stereocenters. The van der Waals surface area contributed by atoms with Crippen molar-refractivity contribution < 1.29 is 4.79 Å². The fourth-order valence-electron chi connectivity index (χ4n) is 1.74. The summed E-state index contributed by atoms with van der Waals surface area (Å²) in [5.74, 6) is 0.350. The first-order chi connectivity index (χ1) is 5.46. The van der Waals surface area contributed by atoms with E-state index in [2.05, 4.69) is 13.8 Å². The number of carbonyl (C=O) groups excluding carboxylic acids is 1. The van der Waals surface area contributed by atoms with Crippen LogP contribution in [0.1, 0.15) is 27.7 Å². The molecule has 2 nitrogen and oxygen atoms in total. The molecule has 64 valence electrons. The van der Waals surface area contributed by atoms with E-state index < -0.39 is 0 Å². The average Bonchev–Trinajstić information content (AvgIpc) is 2.16. The summed E-state index contributed by atoms with van der Waals surface area (Å²) in [5.41, 5.74) is 1.91. The van der Waals surface area contributed by atoms with E-state index in [4.69, 9.17) is 7.98 Å². The van der Waals surface area contributed by atoms with Gasteiger partial charge in [0.2, 0.25) is 13.9 Å². The highest BCUT2D eigenvalue weighted by molar-refractivity contribution is 6.20. The maximum atomic E-state index is 11.4. The molecule has 0 N–H and O–H groups in total. The quantitative estimate of drug-likeness (QED) is 0.533. The summed E-state index contributed by atoms with van der Waals surface area (Å²) in [6.07, 6.45) is 0. The van der Waals surface area contributed by atoms with Crippen LogP contribution in [0, 0.1) is 5.92 Å². The molecule has 1 amide bonds. The molecule has 1 aliphatic heterocycles. The van der Waals surface area contributed by atoms with Gasteiger partial charge in [0.25, 0.3) is 0 Å². The van der Waals surface area contributed by atoms with E-state index in [0.29, 0.717) is 5.92 Å². The molecular weight excluding hydrogens is 149 g/mol. The van der Waals surface area contributed by atoms with Crippen molar-refractivity contribution in [2.24, 2.45) is 5.92 Å². The van der Waals surface area contributed by atoms with Crippen molar-refractivity contribution in [3.8, 4) is 0 Å². The van der Waals surface area contributed by atoms with Gasteiger partial charge < -0.3 is 4.81 Å². The van der Waals surface area contributed by atoms with Crippen LogP contribution in [0.15, 0.2) is 11.1 Å². The van der Waals surface area contributed by atoms with Crippen LogP contribution >= 0.6 is 0 Å². The third-order valence-electron chi connectivity index (χ3n) is 2.52. The number of hydrogen-bond acceptors (Lipinski definition) is 1. The summed E-state index contributed by atoms with van der Waals surface area (Å²) in [6, 6.07) is 0.0949. The zero-order valence-electron chi connectivity index (χ0n) is 8.09. The largest absolute Gasteiger partial charge is 0.387 e. The van der Waals surface area contributed by atoms with Gasteiger partial charge in [-0.1, -0.05) is 13.8 Å². The Balaban J connectivity index is 2.99. The molecule has 0 fully saturated rings. The molecule has 3 heteroatoms. The van der Waals surface area contributed by atoms with Gasteiger partial charge in [0, 0.05) is 11.6 Å². The van der Waals surface area contributed by atoms with Crippen molar-refractivity contribution in [3.63, 3.8) is 0 Å². The third kappa shape index (κ3) is 1.17. The van der Waals surface area contributed by atoms with Crippen LogP contribution in [0.4, 0.5) is 0 Å². The Labute approximate surface area is 75.1 Å². The van der Waals surface area contributed by atoms with Crippen LogP contribution in [-0.2, 0) is 4.79 Å². The van der Waals surface area contributed by atoms with Crippen LogP contribution < -0.4 is 0 Å². The van der Waals surface area contributed by atoms with Crippen molar-refractivity contribution >= 4 is 13.9 Å². The first kappa shape index (κ1) is 9.36. The molecular formula is C9H14BNO. The van der Waals surface area contributed by atoms with E-state index in [0.717, 1.165) is 11.1 Å². The lowest BCUT2D eigenvalue weighted by Gasteiger charge is -2.26. The smallest absolute Gasteiger partial charge is 0.237 e. The lowest BCUT2D eigenvalue weighted by molar-refractivity contribution is -0.122. The molecule has 0 aliphatic carbocycles. The van der Waals surface area contributed by atoms with Gasteiger partial charge in [0.05, 0.1) is 0 Å². The van der Waals surface area contributed by atoms with Gasteiger partial charge in [0.15, 0.2) is 0 Å². The summed E-state index contributed by atoms with van der Waals surface area (Å²) in [5, 5.41) is 0. The second-order valence-corrected chi connectivity index (χ2v) is 3.71. The predicted octanol–water partition coefficient (Wildman–Crippen LogP) is 1.27. The molecule has 0 bridgehead atoms. The average molecular weight is 163 g/mol. The maximum Gasteiger partial charge on any atom is 0.237 e. The second-order valence-electron chi connectivity index (χ2n) is 3.71. The van der Waals surface area contributed by atoms with E-state index in [1.165, 1.54) is 4.81 Å². The Kier molecular flexibility index (Phi) is 2.31. The molecule has 1 aliphatic rings. The lowest BCUT2D eigenvalue weighted by Crippen LogP contribution is -2.36. The van der Waals surface area contributed by atoms with E-state index in [1.807, 2.05) is 13.8 Å². The Morgan fingerprint density at radius 3 is 2.08 bits per heavy atom. The summed E-state index contributed by atoms with van der Waals surface area (Å²) >= 11 is 0. The van der Waals surface area contributed by atoms with Crippen molar-refractivity contribution in [1.29, 1.82) is 0 Å². The minimum atomic E-state index is -0.0359.